The van der Waals surface area contributed by atoms with Gasteiger partial charge in [0, 0.05) is 28.5 Å². The number of amides is 1. The van der Waals surface area contributed by atoms with Crippen molar-refractivity contribution in [1.82, 2.24) is 4.72 Å². The second kappa shape index (κ2) is 7.38. The van der Waals surface area contributed by atoms with Crippen LogP contribution in [0, 0.1) is 0 Å². The summed E-state index contributed by atoms with van der Waals surface area (Å²) in [5.74, 6) is 0.222. The van der Waals surface area contributed by atoms with Crippen molar-refractivity contribution in [2.75, 3.05) is 6.61 Å². The quantitative estimate of drug-likeness (QED) is 0.747. The Morgan fingerprint density at radius 2 is 2.00 bits per heavy atom. The van der Waals surface area contributed by atoms with Crippen molar-refractivity contribution in [1.29, 1.82) is 0 Å². The van der Waals surface area contributed by atoms with Crippen molar-refractivity contribution in [2.24, 2.45) is 0 Å². The van der Waals surface area contributed by atoms with Crippen molar-refractivity contribution in [3.63, 3.8) is 0 Å². The first-order valence-corrected chi connectivity index (χ1v) is 10.1. The molecule has 2 heterocycles. The van der Waals surface area contributed by atoms with Gasteiger partial charge in [0.05, 0.1) is 17.2 Å². The van der Waals surface area contributed by atoms with Crippen molar-refractivity contribution in [3.8, 4) is 17.2 Å². The molecule has 2 aromatic carbocycles. The van der Waals surface area contributed by atoms with Crippen molar-refractivity contribution in [3.05, 3.63) is 63.5 Å². The first-order valence-electron chi connectivity index (χ1n) is 8.47. The third-order valence-corrected chi connectivity index (χ3v) is 5.73. The molecule has 10 heteroatoms. The van der Waals surface area contributed by atoms with Crippen LogP contribution < -0.4 is 14.2 Å². The van der Waals surface area contributed by atoms with Gasteiger partial charge in [-0.05, 0) is 30.7 Å². The van der Waals surface area contributed by atoms with Crippen molar-refractivity contribution < 1.29 is 31.6 Å². The van der Waals surface area contributed by atoms with Gasteiger partial charge in [-0.2, -0.15) is 13.2 Å². The number of hydrogen-bond acceptors (Lipinski definition) is 4. The highest BCUT2D eigenvalue weighted by Crippen LogP contribution is 2.42. The Morgan fingerprint density at radius 3 is 2.66 bits per heavy atom. The minimum Gasteiger partial charge on any atom is -0.493 e. The summed E-state index contributed by atoms with van der Waals surface area (Å²) in [4.78, 5) is 12.0. The fraction of sp³-hybridized carbons (Fsp3) is 0.211. The minimum absolute atomic E-state index is 0.0697. The van der Waals surface area contributed by atoms with Crippen LogP contribution in [-0.2, 0) is 22.0 Å². The number of hydrogen-bond donors (Lipinski definition) is 1. The van der Waals surface area contributed by atoms with Gasteiger partial charge in [-0.15, -0.1) is 0 Å². The average Bonchev–Trinajstić information content (AvgIpc) is 3.00. The number of rotatable bonds is 3. The maximum absolute atomic E-state index is 12.8. The fourth-order valence-corrected chi connectivity index (χ4v) is 4.31. The van der Waals surface area contributed by atoms with Gasteiger partial charge < -0.3 is 9.47 Å². The number of fused-ring (bicyclic) bond motifs is 1. The average molecular weight is 444 g/mol. The summed E-state index contributed by atoms with van der Waals surface area (Å²) < 4.78 is 63.5. The molecular weight excluding hydrogens is 431 g/mol. The van der Waals surface area contributed by atoms with Crippen LogP contribution in [0.25, 0.3) is 0 Å². The molecule has 2 aliphatic rings. The summed E-state index contributed by atoms with van der Waals surface area (Å²) >= 11 is 5.93. The van der Waals surface area contributed by atoms with Crippen molar-refractivity contribution >= 4 is 28.5 Å². The summed E-state index contributed by atoms with van der Waals surface area (Å²) in [6, 6.07) is 7.74. The lowest BCUT2D eigenvalue weighted by atomic mass is 9.87. The van der Waals surface area contributed by atoms with Gasteiger partial charge in [-0.25, -0.2) is 4.21 Å². The van der Waals surface area contributed by atoms with E-state index in [4.69, 9.17) is 21.1 Å². The first kappa shape index (κ1) is 19.8. The molecule has 2 unspecified atom stereocenters. The molecule has 0 saturated heterocycles. The van der Waals surface area contributed by atoms with E-state index in [2.05, 4.69) is 4.72 Å². The van der Waals surface area contributed by atoms with Crippen LogP contribution in [0.2, 0.25) is 5.02 Å². The molecule has 5 nitrogen and oxygen atoms in total. The first-order chi connectivity index (χ1) is 13.7. The lowest BCUT2D eigenvalue weighted by Gasteiger charge is -2.26. The number of ether oxygens (including phenoxy) is 2. The molecule has 1 amide bonds. The van der Waals surface area contributed by atoms with E-state index in [1.807, 2.05) is 0 Å². The van der Waals surface area contributed by atoms with E-state index < -0.39 is 22.7 Å². The van der Waals surface area contributed by atoms with Gasteiger partial charge in [-0.3, -0.25) is 9.52 Å². The van der Waals surface area contributed by atoms with E-state index in [-0.39, 0.29) is 22.6 Å². The van der Waals surface area contributed by atoms with Crippen LogP contribution in [0.4, 0.5) is 13.2 Å². The van der Waals surface area contributed by atoms with Crippen molar-refractivity contribution in [2.45, 2.75) is 18.5 Å². The molecule has 0 saturated carbocycles. The third-order valence-electron chi connectivity index (χ3n) is 4.58. The van der Waals surface area contributed by atoms with Crippen LogP contribution in [0.5, 0.6) is 17.2 Å². The molecule has 2 aliphatic heterocycles. The zero-order valence-electron chi connectivity index (χ0n) is 14.6. The van der Waals surface area contributed by atoms with E-state index in [0.29, 0.717) is 30.1 Å². The van der Waals surface area contributed by atoms with Crippen LogP contribution in [-0.4, -0.2) is 16.7 Å². The number of nitrogens with one attached hydrogen (secondary N) is 1. The van der Waals surface area contributed by atoms with Crippen LogP contribution in [0.3, 0.4) is 0 Å². The maximum atomic E-state index is 12.8. The summed E-state index contributed by atoms with van der Waals surface area (Å²) in [7, 11) is -1.53. The lowest BCUT2D eigenvalue weighted by molar-refractivity contribution is -0.137. The third kappa shape index (κ3) is 3.97. The minimum atomic E-state index is -4.50. The normalized spacial score (nSPS) is 21.1. The van der Waals surface area contributed by atoms with E-state index in [0.717, 1.165) is 23.8 Å². The monoisotopic (exact) mass is 443 g/mol. The Hall–Kier alpha value is -2.52. The van der Waals surface area contributed by atoms with Gasteiger partial charge in [0.15, 0.2) is 0 Å². The second-order valence-electron chi connectivity index (χ2n) is 6.44. The molecule has 2 atom stereocenters. The molecule has 0 fully saturated rings. The Labute approximate surface area is 171 Å². The molecule has 29 heavy (non-hydrogen) atoms. The van der Waals surface area contributed by atoms with E-state index >= 15 is 0 Å². The van der Waals surface area contributed by atoms with Gasteiger partial charge in [-0.1, -0.05) is 17.7 Å². The molecule has 0 radical (unpaired) electrons. The highest BCUT2D eigenvalue weighted by atomic mass is 35.5. The van der Waals surface area contributed by atoms with E-state index in [1.54, 1.807) is 18.2 Å². The van der Waals surface area contributed by atoms with Gasteiger partial charge in [0.25, 0.3) is 5.91 Å². The summed E-state index contributed by atoms with van der Waals surface area (Å²) in [6.45, 7) is 0.347. The molecule has 0 aliphatic carbocycles. The SMILES string of the molecule is O=C1NS(=O)C=C1C1CCOc2cc(Oc3ccc(C(F)(F)F)cc3Cl)ccc21. The number of carbonyl (C=O) groups is 1. The number of carbonyl (C=O) groups excluding carboxylic acids is 1. The zero-order valence-corrected chi connectivity index (χ0v) is 16.2. The molecule has 0 aromatic heterocycles. The van der Waals surface area contributed by atoms with Gasteiger partial charge >= 0.3 is 6.18 Å². The highest BCUT2D eigenvalue weighted by molar-refractivity contribution is 7.87. The van der Waals surface area contributed by atoms with E-state index in [1.165, 1.54) is 5.41 Å². The smallest absolute Gasteiger partial charge is 0.416 e. The standard InChI is InChI=1S/C19H13ClF3NO4S/c20-15-7-10(19(21,22)23)1-4-16(15)28-11-2-3-13-12(5-6-27-17(13)8-11)14-9-29(26)24-18(14)25/h1-4,7-9,12H,5-6H2,(H,24,25). The topological polar surface area (TPSA) is 64.6 Å². The molecule has 2 aromatic rings. The summed E-state index contributed by atoms with van der Waals surface area (Å²) in [5.41, 5.74) is 0.293. The summed E-state index contributed by atoms with van der Waals surface area (Å²) in [5, 5.41) is 1.22. The molecule has 152 valence electrons. The Morgan fingerprint density at radius 1 is 1.21 bits per heavy atom. The Kier molecular flexibility index (Phi) is 5.04. The molecule has 4 rings (SSSR count). The summed E-state index contributed by atoms with van der Waals surface area (Å²) in [6.07, 6.45) is -3.95. The number of alkyl halides is 3. The van der Waals surface area contributed by atoms with Crippen LogP contribution in [0.15, 0.2) is 47.4 Å². The lowest BCUT2D eigenvalue weighted by Crippen LogP contribution is -2.23. The van der Waals surface area contributed by atoms with Gasteiger partial charge in [0.1, 0.15) is 28.2 Å². The maximum Gasteiger partial charge on any atom is 0.416 e. The largest absolute Gasteiger partial charge is 0.493 e. The number of benzene rings is 2. The molecule has 1 N–H and O–H groups in total. The van der Waals surface area contributed by atoms with Crippen LogP contribution in [0.1, 0.15) is 23.5 Å². The van der Waals surface area contributed by atoms with E-state index in [9.17, 15) is 22.2 Å². The highest BCUT2D eigenvalue weighted by Gasteiger charge is 2.33. The zero-order chi connectivity index (χ0) is 20.8. The molecular formula is C19H13ClF3NO4S. The van der Waals surface area contributed by atoms with Gasteiger partial charge in [0.2, 0.25) is 0 Å². The molecule has 0 bridgehead atoms. The molecule has 0 spiro atoms. The number of halogens is 4. The second-order valence-corrected chi connectivity index (χ2v) is 7.88. The Bertz CT molecular complexity index is 1050. The predicted molar refractivity (Wildman–Crippen MR) is 100 cm³/mol. The Balaban J connectivity index is 1.60. The fourth-order valence-electron chi connectivity index (χ4n) is 3.23. The van der Waals surface area contributed by atoms with Crippen LogP contribution >= 0.6 is 11.6 Å². The predicted octanol–water partition coefficient (Wildman–Crippen LogP) is 4.69.